The summed E-state index contributed by atoms with van der Waals surface area (Å²) in [5, 5.41) is 2.68. The molecule has 15 heavy (non-hydrogen) atoms. The van der Waals surface area contributed by atoms with Gasteiger partial charge in [-0.05, 0) is 41.7 Å². The number of carbonyl (C=O) groups excluding carboxylic acids is 1. The molecule has 0 radical (unpaired) electrons. The van der Waals surface area contributed by atoms with E-state index in [9.17, 15) is 4.79 Å². The summed E-state index contributed by atoms with van der Waals surface area (Å²) < 4.78 is 0. The van der Waals surface area contributed by atoms with E-state index in [4.69, 9.17) is 0 Å². The van der Waals surface area contributed by atoms with E-state index in [-0.39, 0.29) is 5.91 Å². The standard InChI is InChI=1S/C12H13NOS/c1-3-12(14)13-11-6-4-10(5-7-11)8-9(2)15/h3-8,15H,1H2,2H3,(H,13,14)/b9-8+. The first-order valence-corrected chi connectivity index (χ1v) is 4.97. The molecule has 0 saturated carbocycles. The predicted octanol–water partition coefficient (Wildman–Crippen LogP) is 3.10. The van der Waals surface area contributed by atoms with Crippen molar-refractivity contribution in [3.63, 3.8) is 0 Å². The fraction of sp³-hybridized carbons (Fsp3) is 0.0833. The molecule has 0 unspecified atom stereocenters. The number of carbonyl (C=O) groups is 1. The molecule has 0 spiro atoms. The Hall–Kier alpha value is -1.48. The third-order valence-electron chi connectivity index (χ3n) is 1.74. The molecular formula is C12H13NOS. The third kappa shape index (κ3) is 4.04. The van der Waals surface area contributed by atoms with Crippen molar-refractivity contribution in [2.45, 2.75) is 6.92 Å². The second-order valence-corrected chi connectivity index (χ2v) is 3.81. The monoisotopic (exact) mass is 219 g/mol. The molecule has 1 aromatic carbocycles. The van der Waals surface area contributed by atoms with Crippen LogP contribution in [0.25, 0.3) is 6.08 Å². The van der Waals surface area contributed by atoms with Gasteiger partial charge in [0.1, 0.15) is 0 Å². The second kappa shape index (κ2) is 5.41. The second-order valence-electron chi connectivity index (χ2n) is 3.10. The molecule has 0 aromatic heterocycles. The Bertz CT molecular complexity index is 389. The number of benzene rings is 1. The molecule has 78 valence electrons. The molecule has 1 amide bonds. The molecule has 0 heterocycles. The Morgan fingerprint density at radius 2 is 2.00 bits per heavy atom. The summed E-state index contributed by atoms with van der Waals surface area (Å²) in [5.41, 5.74) is 1.81. The Labute approximate surface area is 95.1 Å². The molecule has 1 rings (SSSR count). The van der Waals surface area contributed by atoms with Crippen molar-refractivity contribution in [3.05, 3.63) is 47.4 Å². The number of hydrogen-bond donors (Lipinski definition) is 2. The smallest absolute Gasteiger partial charge is 0.247 e. The van der Waals surface area contributed by atoms with E-state index in [2.05, 4.69) is 24.5 Å². The molecule has 1 N–H and O–H groups in total. The maximum absolute atomic E-state index is 11.0. The van der Waals surface area contributed by atoms with E-state index < -0.39 is 0 Å². The van der Waals surface area contributed by atoms with Crippen LogP contribution in [0.15, 0.2) is 41.8 Å². The van der Waals surface area contributed by atoms with Crippen molar-refractivity contribution in [1.82, 2.24) is 0 Å². The van der Waals surface area contributed by atoms with Gasteiger partial charge in [-0.3, -0.25) is 4.79 Å². The minimum absolute atomic E-state index is 0.205. The lowest BCUT2D eigenvalue weighted by atomic mass is 10.2. The zero-order valence-corrected chi connectivity index (χ0v) is 9.42. The van der Waals surface area contributed by atoms with Gasteiger partial charge in [-0.1, -0.05) is 18.7 Å². The highest BCUT2D eigenvalue weighted by molar-refractivity contribution is 7.84. The van der Waals surface area contributed by atoms with Crippen molar-refractivity contribution in [2.75, 3.05) is 5.32 Å². The average molecular weight is 219 g/mol. The molecule has 0 fully saturated rings. The fourth-order valence-corrected chi connectivity index (χ4v) is 1.25. The summed E-state index contributed by atoms with van der Waals surface area (Å²) in [6.45, 7) is 5.30. The molecule has 1 aromatic rings. The van der Waals surface area contributed by atoms with Gasteiger partial charge in [0, 0.05) is 5.69 Å². The Morgan fingerprint density at radius 3 is 2.47 bits per heavy atom. The summed E-state index contributed by atoms with van der Waals surface area (Å²) in [6, 6.07) is 7.50. The van der Waals surface area contributed by atoms with Gasteiger partial charge in [0.2, 0.25) is 5.91 Å². The Kier molecular flexibility index (Phi) is 4.18. The molecular weight excluding hydrogens is 206 g/mol. The van der Waals surface area contributed by atoms with Gasteiger partial charge >= 0.3 is 0 Å². The van der Waals surface area contributed by atoms with Crippen molar-refractivity contribution in [3.8, 4) is 0 Å². The molecule has 0 bridgehead atoms. The van der Waals surface area contributed by atoms with Crippen molar-refractivity contribution in [1.29, 1.82) is 0 Å². The number of rotatable bonds is 3. The van der Waals surface area contributed by atoms with Crippen LogP contribution in [0.2, 0.25) is 0 Å². The van der Waals surface area contributed by atoms with Gasteiger partial charge in [-0.2, -0.15) is 0 Å². The molecule has 0 aliphatic heterocycles. The summed E-state index contributed by atoms with van der Waals surface area (Å²) in [4.78, 5) is 11.9. The maximum atomic E-state index is 11.0. The summed E-state index contributed by atoms with van der Waals surface area (Å²) in [6.07, 6.45) is 3.19. The molecule has 0 atom stereocenters. The first-order valence-electron chi connectivity index (χ1n) is 4.52. The Balaban J connectivity index is 2.76. The van der Waals surface area contributed by atoms with E-state index in [1.807, 2.05) is 37.3 Å². The van der Waals surface area contributed by atoms with E-state index in [0.29, 0.717) is 0 Å². The lowest BCUT2D eigenvalue weighted by Gasteiger charge is -2.02. The van der Waals surface area contributed by atoms with Crippen molar-refractivity contribution >= 4 is 30.3 Å². The first-order chi connectivity index (χ1) is 7.11. The number of allylic oxidation sites excluding steroid dienone is 1. The van der Waals surface area contributed by atoms with Crippen LogP contribution in [0.5, 0.6) is 0 Å². The zero-order chi connectivity index (χ0) is 11.3. The van der Waals surface area contributed by atoms with Gasteiger partial charge in [0.25, 0.3) is 0 Å². The van der Waals surface area contributed by atoms with Gasteiger partial charge in [-0.15, -0.1) is 12.6 Å². The largest absolute Gasteiger partial charge is 0.323 e. The molecule has 2 nitrogen and oxygen atoms in total. The first kappa shape index (κ1) is 11.6. The number of hydrogen-bond acceptors (Lipinski definition) is 2. The quantitative estimate of drug-likeness (QED) is 0.593. The van der Waals surface area contributed by atoms with E-state index in [1.54, 1.807) is 0 Å². The maximum Gasteiger partial charge on any atom is 0.247 e. The molecule has 3 heteroatoms. The fourth-order valence-electron chi connectivity index (χ4n) is 1.10. The van der Waals surface area contributed by atoms with E-state index >= 15 is 0 Å². The van der Waals surface area contributed by atoms with Crippen molar-refractivity contribution in [2.24, 2.45) is 0 Å². The van der Waals surface area contributed by atoms with Gasteiger partial charge in [0.05, 0.1) is 0 Å². The molecule has 0 saturated heterocycles. The highest BCUT2D eigenvalue weighted by Crippen LogP contribution is 2.13. The van der Waals surface area contributed by atoms with Gasteiger partial charge in [0.15, 0.2) is 0 Å². The number of anilines is 1. The van der Waals surface area contributed by atoms with E-state index in [1.165, 1.54) is 6.08 Å². The topological polar surface area (TPSA) is 29.1 Å². The number of amides is 1. The zero-order valence-electron chi connectivity index (χ0n) is 8.53. The van der Waals surface area contributed by atoms with Crippen LogP contribution in [0.3, 0.4) is 0 Å². The third-order valence-corrected chi connectivity index (χ3v) is 1.87. The minimum Gasteiger partial charge on any atom is -0.323 e. The van der Waals surface area contributed by atoms with Gasteiger partial charge < -0.3 is 5.32 Å². The highest BCUT2D eigenvalue weighted by Gasteiger charge is 1.95. The highest BCUT2D eigenvalue weighted by atomic mass is 32.1. The SMILES string of the molecule is C=CC(=O)Nc1ccc(/C=C(\C)S)cc1. The summed E-state index contributed by atoms with van der Waals surface area (Å²) in [7, 11) is 0. The normalized spacial score (nSPS) is 10.9. The lowest BCUT2D eigenvalue weighted by molar-refractivity contribution is -0.111. The van der Waals surface area contributed by atoms with Crippen LogP contribution >= 0.6 is 12.6 Å². The summed E-state index contributed by atoms with van der Waals surface area (Å²) >= 11 is 4.18. The number of nitrogens with one attached hydrogen (secondary N) is 1. The van der Waals surface area contributed by atoms with Gasteiger partial charge in [-0.25, -0.2) is 0 Å². The van der Waals surface area contributed by atoms with Crippen LogP contribution in [0.4, 0.5) is 5.69 Å². The van der Waals surface area contributed by atoms with Crippen LogP contribution in [0, 0.1) is 0 Å². The van der Waals surface area contributed by atoms with Crippen molar-refractivity contribution < 1.29 is 4.79 Å². The van der Waals surface area contributed by atoms with E-state index in [0.717, 1.165) is 16.2 Å². The van der Waals surface area contributed by atoms with Crippen LogP contribution in [-0.2, 0) is 4.79 Å². The van der Waals surface area contributed by atoms with Crippen LogP contribution in [-0.4, -0.2) is 5.91 Å². The minimum atomic E-state index is -0.205. The molecule has 0 aliphatic rings. The lowest BCUT2D eigenvalue weighted by Crippen LogP contribution is -2.06. The van der Waals surface area contributed by atoms with Crippen LogP contribution in [0.1, 0.15) is 12.5 Å². The number of thiol groups is 1. The molecule has 0 aliphatic carbocycles. The summed E-state index contributed by atoms with van der Waals surface area (Å²) in [5.74, 6) is -0.205. The average Bonchev–Trinajstić information content (AvgIpc) is 2.20. The predicted molar refractivity (Wildman–Crippen MR) is 67.9 cm³/mol. The Morgan fingerprint density at radius 1 is 1.40 bits per heavy atom. The van der Waals surface area contributed by atoms with Crippen LogP contribution < -0.4 is 5.32 Å².